The molecule has 0 spiro atoms. The van der Waals surface area contributed by atoms with E-state index in [1.807, 2.05) is 36.4 Å². The number of nitrogens with two attached hydrogens (primary N) is 2. The monoisotopic (exact) mass is 443 g/mol. The zero-order chi connectivity index (χ0) is 23.6. The number of nitrogen functional groups attached to an aromatic ring is 2. The van der Waals surface area contributed by atoms with Crippen molar-refractivity contribution in [3.8, 4) is 28.9 Å². The van der Waals surface area contributed by atoms with Crippen LogP contribution >= 0.6 is 0 Å². The van der Waals surface area contributed by atoms with Crippen molar-refractivity contribution in [3.63, 3.8) is 0 Å². The summed E-state index contributed by atoms with van der Waals surface area (Å²) in [5.74, 6) is -0.437. The average molecular weight is 443 g/mol. The van der Waals surface area contributed by atoms with E-state index in [1.165, 1.54) is 18.2 Å². The van der Waals surface area contributed by atoms with Gasteiger partial charge in [-0.05, 0) is 41.0 Å². The topological polar surface area (TPSA) is 138 Å². The van der Waals surface area contributed by atoms with E-state index in [0.29, 0.717) is 17.1 Å². The van der Waals surface area contributed by atoms with Crippen LogP contribution < -0.4 is 20.9 Å². The normalized spacial score (nSPS) is 10.4. The lowest BCUT2D eigenvalue weighted by Gasteiger charge is -2.06. The minimum Gasteiger partial charge on any atom is -0.462 e. The molecule has 0 atom stereocenters. The van der Waals surface area contributed by atoms with Gasteiger partial charge in [0.15, 0.2) is 0 Å². The molecular weight excluding hydrogens is 422 g/mol. The molecule has 8 heteroatoms. The van der Waals surface area contributed by atoms with E-state index < -0.39 is 11.9 Å². The lowest BCUT2D eigenvalue weighted by Crippen LogP contribution is -2.13. The summed E-state index contributed by atoms with van der Waals surface area (Å²) >= 11 is 0. The quantitative estimate of drug-likeness (QED) is 0.176. The Hall–Kier alpha value is -4.77. The van der Waals surface area contributed by atoms with Gasteiger partial charge in [0.25, 0.3) is 6.26 Å². The van der Waals surface area contributed by atoms with Gasteiger partial charge in [0, 0.05) is 29.6 Å². The molecule has 0 aliphatic heterocycles. The molecule has 0 saturated heterocycles. The van der Waals surface area contributed by atoms with E-state index in [2.05, 4.69) is 0 Å². The smallest absolute Gasteiger partial charge is 0.330 e. The van der Waals surface area contributed by atoms with Crippen LogP contribution in [0.25, 0.3) is 17.2 Å². The minimum atomic E-state index is -0.576. The predicted octanol–water partition coefficient (Wildman–Crippen LogP) is 3.93. The summed E-state index contributed by atoms with van der Waals surface area (Å²) < 4.78 is 14.9. The molecule has 0 amide bonds. The second-order valence-corrected chi connectivity index (χ2v) is 6.90. The molecule has 3 rings (SSSR count). The first-order chi connectivity index (χ1) is 15.9. The number of nitriles is 1. The fourth-order valence-electron chi connectivity index (χ4n) is 2.89. The van der Waals surface area contributed by atoms with Crippen LogP contribution in [0, 0.1) is 11.5 Å². The van der Waals surface area contributed by atoms with Crippen molar-refractivity contribution < 1.29 is 23.8 Å². The highest BCUT2D eigenvalue weighted by Gasteiger charge is 2.08. The largest absolute Gasteiger partial charge is 0.462 e. The van der Waals surface area contributed by atoms with Crippen molar-refractivity contribution in [1.82, 2.24) is 0 Å². The van der Waals surface area contributed by atoms with E-state index in [1.54, 1.807) is 30.5 Å². The molecule has 0 saturated carbocycles. The standard InChI is InChI=1S/C25H21N3O5/c26-16-32-22-8-6-19(7-9-22)18-4-1-17(2-5-18)3-10-24(29)31-12-11-25(30)33-23-14-20(27)13-21(28)15-23/h1-10,13-15H,11-12,27-28H2/b10-3+. The second-order valence-electron chi connectivity index (χ2n) is 6.90. The third kappa shape index (κ3) is 7.15. The van der Waals surface area contributed by atoms with Crippen molar-refractivity contribution >= 4 is 29.4 Å². The summed E-state index contributed by atoms with van der Waals surface area (Å²) in [6.45, 7) is -0.121. The fraction of sp³-hybridized carbons (Fsp3) is 0.0800. The number of carbonyl (C=O) groups is 2. The lowest BCUT2D eigenvalue weighted by atomic mass is 10.0. The van der Waals surface area contributed by atoms with Gasteiger partial charge in [-0.25, -0.2) is 4.79 Å². The molecule has 4 N–H and O–H groups in total. The lowest BCUT2D eigenvalue weighted by molar-refractivity contribution is -0.141. The molecule has 0 aliphatic carbocycles. The number of carbonyl (C=O) groups excluding carboxylic acids is 2. The minimum absolute atomic E-state index is 0.110. The molecule has 0 fully saturated rings. The highest BCUT2D eigenvalue weighted by atomic mass is 16.5. The van der Waals surface area contributed by atoms with Crippen molar-refractivity contribution in [2.75, 3.05) is 18.1 Å². The number of rotatable bonds is 8. The highest BCUT2D eigenvalue weighted by molar-refractivity contribution is 5.87. The number of esters is 2. The maximum Gasteiger partial charge on any atom is 0.330 e. The van der Waals surface area contributed by atoms with E-state index in [4.69, 9.17) is 30.9 Å². The molecule has 0 unspecified atom stereocenters. The van der Waals surface area contributed by atoms with Crippen molar-refractivity contribution in [2.24, 2.45) is 0 Å². The molecule has 0 heterocycles. The fourth-order valence-corrected chi connectivity index (χ4v) is 2.89. The Balaban J connectivity index is 1.45. The van der Waals surface area contributed by atoms with Crippen LogP contribution in [0.3, 0.4) is 0 Å². The number of ether oxygens (including phenoxy) is 3. The van der Waals surface area contributed by atoms with Gasteiger partial charge < -0.3 is 25.7 Å². The predicted molar refractivity (Wildman–Crippen MR) is 124 cm³/mol. The number of hydrogen-bond acceptors (Lipinski definition) is 8. The first-order valence-electron chi connectivity index (χ1n) is 9.91. The van der Waals surface area contributed by atoms with E-state index in [0.717, 1.165) is 16.7 Å². The Labute approximate surface area is 190 Å². The van der Waals surface area contributed by atoms with E-state index in [-0.39, 0.29) is 18.8 Å². The van der Waals surface area contributed by atoms with E-state index in [9.17, 15) is 9.59 Å². The Bertz CT molecular complexity index is 1180. The summed E-state index contributed by atoms with van der Waals surface area (Å²) in [7, 11) is 0. The third-order valence-electron chi connectivity index (χ3n) is 4.41. The van der Waals surface area contributed by atoms with Crippen LogP contribution in [-0.2, 0) is 14.3 Å². The maximum absolute atomic E-state index is 11.9. The van der Waals surface area contributed by atoms with Crippen LogP contribution in [0.1, 0.15) is 12.0 Å². The first kappa shape index (κ1) is 22.9. The van der Waals surface area contributed by atoms with Gasteiger partial charge in [0.05, 0.1) is 6.42 Å². The molecule has 166 valence electrons. The summed E-state index contributed by atoms with van der Waals surface area (Å²) in [6.07, 6.45) is 4.42. The number of benzene rings is 3. The number of nitrogens with zero attached hydrogens (tertiary/aromatic N) is 1. The molecule has 0 radical (unpaired) electrons. The first-order valence-corrected chi connectivity index (χ1v) is 9.91. The zero-order valence-electron chi connectivity index (χ0n) is 17.6. The highest BCUT2D eigenvalue weighted by Crippen LogP contribution is 2.23. The Kier molecular flexibility index (Phi) is 7.65. The Morgan fingerprint density at radius 2 is 1.48 bits per heavy atom. The van der Waals surface area contributed by atoms with Crippen LogP contribution in [0.5, 0.6) is 11.5 Å². The zero-order valence-corrected chi connectivity index (χ0v) is 17.6. The molecule has 3 aromatic carbocycles. The molecule has 8 nitrogen and oxygen atoms in total. The molecule has 0 aliphatic rings. The third-order valence-corrected chi connectivity index (χ3v) is 4.41. The molecule has 3 aromatic rings. The van der Waals surface area contributed by atoms with Crippen LogP contribution in [0.2, 0.25) is 0 Å². The average Bonchev–Trinajstić information content (AvgIpc) is 2.78. The van der Waals surface area contributed by atoms with Crippen molar-refractivity contribution in [3.05, 3.63) is 78.4 Å². The molecule has 0 aromatic heterocycles. The van der Waals surface area contributed by atoms with Crippen LogP contribution in [0.15, 0.2) is 72.8 Å². The van der Waals surface area contributed by atoms with Gasteiger partial charge >= 0.3 is 11.9 Å². The van der Waals surface area contributed by atoms with Crippen LogP contribution in [-0.4, -0.2) is 18.5 Å². The van der Waals surface area contributed by atoms with Crippen molar-refractivity contribution in [2.45, 2.75) is 6.42 Å². The van der Waals surface area contributed by atoms with Gasteiger partial charge in [-0.1, -0.05) is 36.4 Å². The number of anilines is 2. The Morgan fingerprint density at radius 3 is 2.09 bits per heavy atom. The number of hydrogen-bond donors (Lipinski definition) is 2. The van der Waals surface area contributed by atoms with Crippen molar-refractivity contribution in [1.29, 1.82) is 5.26 Å². The second kappa shape index (κ2) is 11.0. The van der Waals surface area contributed by atoms with Gasteiger partial charge in [-0.15, -0.1) is 5.26 Å². The van der Waals surface area contributed by atoms with E-state index >= 15 is 0 Å². The molecule has 33 heavy (non-hydrogen) atoms. The summed E-state index contributed by atoms with van der Waals surface area (Å²) in [5.41, 5.74) is 14.8. The van der Waals surface area contributed by atoms with Gasteiger partial charge in [-0.2, -0.15) is 0 Å². The van der Waals surface area contributed by atoms with Crippen LogP contribution in [0.4, 0.5) is 11.4 Å². The summed E-state index contributed by atoms with van der Waals surface area (Å²) in [6, 6.07) is 19.1. The molecular formula is C25H21N3O5. The SMILES string of the molecule is N#COc1ccc(-c2ccc(/C=C/C(=O)OCCC(=O)Oc3cc(N)cc(N)c3)cc2)cc1. The molecule has 0 bridgehead atoms. The summed E-state index contributed by atoms with van der Waals surface area (Å²) in [5, 5.41) is 8.53. The van der Waals surface area contributed by atoms with Gasteiger partial charge in [-0.3, -0.25) is 4.79 Å². The Morgan fingerprint density at radius 1 is 0.879 bits per heavy atom. The van der Waals surface area contributed by atoms with Gasteiger partial charge in [0.1, 0.15) is 18.1 Å². The maximum atomic E-state index is 11.9. The summed E-state index contributed by atoms with van der Waals surface area (Å²) in [4.78, 5) is 23.8. The van der Waals surface area contributed by atoms with Gasteiger partial charge in [0.2, 0.25) is 0 Å².